The molecule has 9 heteroatoms. The SMILES string of the molecule is C=COC(=O)CCN(CC)c1ccc(N=Nc2nc3ccc(Cl)cc3s2)cc1.CCl. The predicted molar refractivity (Wildman–Crippen MR) is 126 cm³/mol. The number of azo groups is 1. The summed E-state index contributed by atoms with van der Waals surface area (Å²) < 4.78 is 5.73. The van der Waals surface area contributed by atoms with Crippen LogP contribution >= 0.6 is 34.5 Å². The van der Waals surface area contributed by atoms with Crippen LogP contribution in [0.15, 0.2) is 65.5 Å². The molecule has 0 radical (unpaired) electrons. The number of carbonyl (C=O) groups excluding carboxylic acids is 1. The third kappa shape index (κ3) is 6.79. The fourth-order valence-electron chi connectivity index (χ4n) is 2.61. The van der Waals surface area contributed by atoms with E-state index in [1.54, 1.807) is 6.07 Å². The van der Waals surface area contributed by atoms with E-state index in [0.29, 0.717) is 23.1 Å². The summed E-state index contributed by atoms with van der Waals surface area (Å²) in [5.41, 5.74) is 2.58. The number of fused-ring (bicyclic) bond motifs is 1. The minimum Gasteiger partial charge on any atom is -0.435 e. The van der Waals surface area contributed by atoms with Gasteiger partial charge in [0.2, 0.25) is 5.13 Å². The van der Waals surface area contributed by atoms with Gasteiger partial charge in [0.25, 0.3) is 0 Å². The van der Waals surface area contributed by atoms with Gasteiger partial charge in [0, 0.05) is 30.2 Å². The first kappa shape index (κ1) is 23.8. The van der Waals surface area contributed by atoms with Crippen LogP contribution in [0.5, 0.6) is 0 Å². The molecule has 6 nitrogen and oxygen atoms in total. The number of thiazole rings is 1. The highest BCUT2D eigenvalue weighted by Gasteiger charge is 2.08. The fraction of sp³-hybridized carbons (Fsp3) is 0.238. The smallest absolute Gasteiger partial charge is 0.312 e. The molecule has 1 aromatic heterocycles. The number of hydrogen-bond donors (Lipinski definition) is 0. The Labute approximate surface area is 189 Å². The van der Waals surface area contributed by atoms with Crippen LogP contribution in [0.2, 0.25) is 5.02 Å². The van der Waals surface area contributed by atoms with Crippen molar-refractivity contribution in [1.82, 2.24) is 4.98 Å². The topological polar surface area (TPSA) is 67.2 Å². The number of alkyl halides is 1. The molecule has 0 aliphatic heterocycles. The summed E-state index contributed by atoms with van der Waals surface area (Å²) in [6.45, 7) is 6.76. The van der Waals surface area contributed by atoms with E-state index in [-0.39, 0.29) is 5.97 Å². The van der Waals surface area contributed by atoms with Crippen LogP contribution in [0.4, 0.5) is 16.5 Å². The lowest BCUT2D eigenvalue weighted by molar-refractivity contribution is -0.137. The molecule has 0 saturated heterocycles. The number of carbonyl (C=O) groups is 1. The predicted octanol–water partition coefficient (Wildman–Crippen LogP) is 7.12. The van der Waals surface area contributed by atoms with Crippen LogP contribution in [0.3, 0.4) is 0 Å². The van der Waals surface area contributed by atoms with Gasteiger partial charge in [-0.2, -0.15) is 0 Å². The van der Waals surface area contributed by atoms with Crippen LogP contribution < -0.4 is 4.90 Å². The van der Waals surface area contributed by atoms with Crippen molar-refractivity contribution in [3.8, 4) is 0 Å². The Morgan fingerprint density at radius 2 is 1.97 bits per heavy atom. The third-order valence-electron chi connectivity index (χ3n) is 3.99. The molecule has 2 aromatic carbocycles. The van der Waals surface area contributed by atoms with Crippen LogP contribution in [-0.2, 0) is 9.53 Å². The first-order valence-corrected chi connectivity index (χ1v) is 11.0. The van der Waals surface area contributed by atoms with E-state index >= 15 is 0 Å². The van der Waals surface area contributed by atoms with Gasteiger partial charge in [0.1, 0.15) is 0 Å². The van der Waals surface area contributed by atoms with Crippen molar-refractivity contribution in [1.29, 1.82) is 0 Å². The number of aromatic nitrogens is 1. The quantitative estimate of drug-likeness (QED) is 0.154. The zero-order chi connectivity index (χ0) is 21.9. The fourth-order valence-corrected chi connectivity index (χ4v) is 3.67. The van der Waals surface area contributed by atoms with Gasteiger partial charge in [-0.15, -0.1) is 21.8 Å². The number of halogens is 2. The van der Waals surface area contributed by atoms with Crippen LogP contribution in [0.1, 0.15) is 13.3 Å². The Hall–Kier alpha value is -2.48. The van der Waals surface area contributed by atoms with E-state index in [2.05, 4.69) is 38.3 Å². The molecule has 0 N–H and O–H groups in total. The largest absolute Gasteiger partial charge is 0.435 e. The van der Waals surface area contributed by atoms with Crippen molar-refractivity contribution in [2.24, 2.45) is 10.2 Å². The monoisotopic (exact) mass is 464 g/mol. The molecule has 0 aliphatic rings. The number of nitrogens with zero attached hydrogens (tertiary/aromatic N) is 4. The van der Waals surface area contributed by atoms with Gasteiger partial charge in [-0.05, 0) is 49.4 Å². The van der Waals surface area contributed by atoms with Crippen LogP contribution in [0, 0.1) is 0 Å². The second kappa shape index (κ2) is 12.3. The van der Waals surface area contributed by atoms with E-state index in [1.807, 2.05) is 43.3 Å². The van der Waals surface area contributed by atoms with Crippen molar-refractivity contribution in [2.45, 2.75) is 13.3 Å². The number of rotatable bonds is 8. The van der Waals surface area contributed by atoms with Crippen molar-refractivity contribution >= 4 is 67.2 Å². The van der Waals surface area contributed by atoms with Gasteiger partial charge >= 0.3 is 5.97 Å². The van der Waals surface area contributed by atoms with Crippen molar-refractivity contribution < 1.29 is 9.53 Å². The number of benzene rings is 2. The van der Waals surface area contributed by atoms with Crippen LogP contribution in [0.25, 0.3) is 10.2 Å². The lowest BCUT2D eigenvalue weighted by atomic mass is 10.2. The maximum absolute atomic E-state index is 11.5. The number of anilines is 1. The highest BCUT2D eigenvalue weighted by molar-refractivity contribution is 7.21. The molecule has 0 atom stereocenters. The second-order valence-corrected chi connectivity index (χ2v) is 7.26. The molecule has 3 aromatic rings. The van der Waals surface area contributed by atoms with Gasteiger partial charge < -0.3 is 9.64 Å². The van der Waals surface area contributed by atoms with Gasteiger partial charge in [-0.1, -0.05) is 29.5 Å². The molecule has 0 aliphatic carbocycles. The van der Waals surface area contributed by atoms with Crippen molar-refractivity contribution in [3.63, 3.8) is 0 Å². The highest BCUT2D eigenvalue weighted by atomic mass is 35.5. The molecule has 0 saturated carbocycles. The van der Waals surface area contributed by atoms with Gasteiger partial charge in [0.05, 0.1) is 28.6 Å². The Balaban J connectivity index is 0.00000155. The molecule has 0 amide bonds. The summed E-state index contributed by atoms with van der Waals surface area (Å²) in [6.07, 6.45) is 2.92. The zero-order valence-electron chi connectivity index (χ0n) is 16.7. The standard InChI is InChI=1S/C20H19ClN4O2S.CH3Cl/c1-3-25(12-11-19(26)27-4-2)16-8-6-15(7-9-16)23-24-20-22-17-10-5-14(21)13-18(17)28-20;1-2/h4-10,13H,2-3,11-12H2,1H3;1H3. The Kier molecular flexibility index (Phi) is 9.73. The Bertz CT molecular complexity index is 1010. The summed E-state index contributed by atoms with van der Waals surface area (Å²) in [7, 11) is 0. The summed E-state index contributed by atoms with van der Waals surface area (Å²) >= 11 is 12.1. The zero-order valence-corrected chi connectivity index (χ0v) is 19.0. The van der Waals surface area contributed by atoms with Crippen molar-refractivity contribution in [2.75, 3.05) is 24.4 Å². The first-order valence-electron chi connectivity index (χ1n) is 9.10. The number of hydrogen-bond acceptors (Lipinski definition) is 7. The van der Waals surface area contributed by atoms with Gasteiger partial charge in [-0.25, -0.2) is 4.98 Å². The summed E-state index contributed by atoms with van der Waals surface area (Å²) in [5.74, 6) is -0.295. The van der Waals surface area contributed by atoms with Crippen LogP contribution in [-0.4, -0.2) is 30.4 Å². The Morgan fingerprint density at radius 3 is 2.63 bits per heavy atom. The summed E-state index contributed by atoms with van der Waals surface area (Å²) in [4.78, 5) is 18.0. The lowest BCUT2D eigenvalue weighted by Gasteiger charge is -2.22. The highest BCUT2D eigenvalue weighted by Crippen LogP contribution is 2.31. The normalized spacial score (nSPS) is 10.5. The molecule has 0 fully saturated rings. The molecule has 3 rings (SSSR count). The van der Waals surface area contributed by atoms with E-state index in [0.717, 1.165) is 34.4 Å². The molecule has 30 heavy (non-hydrogen) atoms. The minimum atomic E-state index is -0.295. The van der Waals surface area contributed by atoms with E-state index in [9.17, 15) is 4.79 Å². The summed E-state index contributed by atoms with van der Waals surface area (Å²) in [5, 5.41) is 9.73. The van der Waals surface area contributed by atoms with Gasteiger partial charge in [-0.3, -0.25) is 4.79 Å². The first-order chi connectivity index (χ1) is 14.6. The van der Waals surface area contributed by atoms with Gasteiger partial charge in [0.15, 0.2) is 0 Å². The molecular weight excluding hydrogens is 443 g/mol. The average Bonchev–Trinajstić information content (AvgIpc) is 3.17. The molecule has 0 bridgehead atoms. The maximum atomic E-state index is 11.5. The van der Waals surface area contributed by atoms with Crippen molar-refractivity contribution in [3.05, 3.63) is 60.3 Å². The molecular formula is C21H22Cl2N4O2S. The molecule has 158 valence electrons. The molecule has 0 unspecified atom stereocenters. The third-order valence-corrected chi connectivity index (χ3v) is 5.12. The Morgan fingerprint density at radius 1 is 1.23 bits per heavy atom. The number of ether oxygens (including phenoxy) is 1. The van der Waals surface area contributed by atoms with E-state index in [1.165, 1.54) is 17.7 Å². The number of esters is 1. The lowest BCUT2D eigenvalue weighted by Crippen LogP contribution is -2.25. The van der Waals surface area contributed by atoms with E-state index < -0.39 is 0 Å². The van der Waals surface area contributed by atoms with E-state index in [4.69, 9.17) is 16.3 Å². The second-order valence-electron chi connectivity index (χ2n) is 5.81. The summed E-state index contributed by atoms with van der Waals surface area (Å²) in [6, 6.07) is 13.2. The molecule has 1 heterocycles. The molecule has 0 spiro atoms. The maximum Gasteiger partial charge on any atom is 0.312 e. The minimum absolute atomic E-state index is 0.295. The average molecular weight is 465 g/mol.